The molecule has 2 heteroatoms. The van der Waals surface area contributed by atoms with Gasteiger partial charge in [-0.05, 0) is 25.2 Å². The second kappa shape index (κ2) is 3.74. The minimum atomic E-state index is -0.587. The van der Waals surface area contributed by atoms with Gasteiger partial charge in [0.05, 0.1) is 5.92 Å². The lowest BCUT2D eigenvalue weighted by Gasteiger charge is -2.30. The lowest BCUT2D eigenvalue weighted by Crippen LogP contribution is -2.28. The number of hydrogen-bond donors (Lipinski definition) is 1. The molecule has 1 N–H and O–H groups in total. The predicted molar refractivity (Wildman–Crippen MR) is 43.4 cm³/mol. The average Bonchev–Trinajstić information content (AvgIpc) is 1.82. The molecule has 1 unspecified atom stereocenters. The normalized spacial score (nSPS) is 20.8. The summed E-state index contributed by atoms with van der Waals surface area (Å²) < 4.78 is 0. The first kappa shape index (κ1) is 8.57. The molecule has 2 nitrogen and oxygen atoms in total. The molecule has 1 saturated carbocycles. The van der Waals surface area contributed by atoms with Crippen LogP contribution in [0.15, 0.2) is 0 Å². The summed E-state index contributed by atoms with van der Waals surface area (Å²) in [7, 11) is 0. The van der Waals surface area contributed by atoms with Crippen LogP contribution in [0, 0.1) is 11.8 Å². The maximum atomic E-state index is 10.7. The summed E-state index contributed by atoms with van der Waals surface area (Å²) in [5.41, 5.74) is 0. The third-order valence-electron chi connectivity index (χ3n) is 2.64. The number of carboxylic acids is 1. The van der Waals surface area contributed by atoms with Crippen molar-refractivity contribution < 1.29 is 9.90 Å². The molecule has 0 aromatic rings. The number of aliphatic carboxylic acids is 1. The van der Waals surface area contributed by atoms with Crippen LogP contribution in [0.2, 0.25) is 0 Å². The number of carbonyl (C=O) groups is 1. The molecule has 0 saturated heterocycles. The van der Waals surface area contributed by atoms with Gasteiger partial charge in [-0.25, -0.2) is 0 Å². The molecular formula is C9H16O2. The quantitative estimate of drug-likeness (QED) is 0.678. The zero-order valence-corrected chi connectivity index (χ0v) is 7.05. The molecule has 0 aromatic heterocycles. The van der Waals surface area contributed by atoms with Gasteiger partial charge in [-0.1, -0.05) is 19.8 Å². The molecule has 1 atom stereocenters. The lowest BCUT2D eigenvalue weighted by molar-refractivity contribution is -0.145. The minimum absolute atomic E-state index is 0.0475. The first-order valence-corrected chi connectivity index (χ1v) is 4.48. The van der Waals surface area contributed by atoms with E-state index in [0.717, 1.165) is 25.7 Å². The zero-order chi connectivity index (χ0) is 8.27. The van der Waals surface area contributed by atoms with Crippen LogP contribution in [0.5, 0.6) is 0 Å². The van der Waals surface area contributed by atoms with Crippen LogP contribution in [0.4, 0.5) is 0 Å². The van der Waals surface area contributed by atoms with Crippen LogP contribution in [0.3, 0.4) is 0 Å². The standard InChI is InChI=1S/C9H16O2/c1-2-4-8(9(10)11)7-5-3-6-7/h7-8H,2-6H2,1H3,(H,10,11). The van der Waals surface area contributed by atoms with E-state index < -0.39 is 5.97 Å². The Labute approximate surface area is 67.6 Å². The summed E-state index contributed by atoms with van der Waals surface area (Å²) in [5, 5.41) is 8.84. The van der Waals surface area contributed by atoms with Gasteiger partial charge < -0.3 is 5.11 Å². The van der Waals surface area contributed by atoms with Gasteiger partial charge in [0.1, 0.15) is 0 Å². The highest BCUT2D eigenvalue weighted by atomic mass is 16.4. The third kappa shape index (κ3) is 1.95. The van der Waals surface area contributed by atoms with Crippen LogP contribution in [-0.4, -0.2) is 11.1 Å². The van der Waals surface area contributed by atoms with Gasteiger partial charge in [-0.15, -0.1) is 0 Å². The molecule has 1 rings (SSSR count). The zero-order valence-electron chi connectivity index (χ0n) is 7.05. The Hall–Kier alpha value is -0.530. The molecule has 0 aliphatic heterocycles. The molecular weight excluding hydrogens is 140 g/mol. The number of hydrogen-bond acceptors (Lipinski definition) is 1. The van der Waals surface area contributed by atoms with Gasteiger partial charge in [0.15, 0.2) is 0 Å². The second-order valence-corrected chi connectivity index (χ2v) is 3.42. The smallest absolute Gasteiger partial charge is 0.306 e. The molecule has 0 amide bonds. The number of rotatable bonds is 4. The van der Waals surface area contributed by atoms with Crippen molar-refractivity contribution in [1.29, 1.82) is 0 Å². The largest absolute Gasteiger partial charge is 0.481 e. The van der Waals surface area contributed by atoms with E-state index in [1.165, 1.54) is 6.42 Å². The van der Waals surface area contributed by atoms with Crippen molar-refractivity contribution in [3.8, 4) is 0 Å². The predicted octanol–water partition coefficient (Wildman–Crippen LogP) is 2.29. The summed E-state index contributed by atoms with van der Waals surface area (Å²) >= 11 is 0. The van der Waals surface area contributed by atoms with E-state index in [0.29, 0.717) is 5.92 Å². The SMILES string of the molecule is CCCC(C(=O)O)C1CCC1. The first-order valence-electron chi connectivity index (χ1n) is 4.48. The van der Waals surface area contributed by atoms with Gasteiger partial charge in [0, 0.05) is 0 Å². The van der Waals surface area contributed by atoms with Crippen LogP contribution >= 0.6 is 0 Å². The fourth-order valence-corrected chi connectivity index (χ4v) is 1.71. The Bertz CT molecular complexity index is 138. The first-order chi connectivity index (χ1) is 5.25. The molecule has 1 aliphatic carbocycles. The van der Waals surface area contributed by atoms with Crippen molar-refractivity contribution in [2.45, 2.75) is 39.0 Å². The summed E-state index contributed by atoms with van der Waals surface area (Å²) in [6.07, 6.45) is 5.36. The average molecular weight is 156 g/mol. The van der Waals surface area contributed by atoms with Gasteiger partial charge in [0.25, 0.3) is 0 Å². The molecule has 0 heterocycles. The number of carboxylic acid groups (broad SMARTS) is 1. The maximum Gasteiger partial charge on any atom is 0.306 e. The van der Waals surface area contributed by atoms with Gasteiger partial charge >= 0.3 is 5.97 Å². The minimum Gasteiger partial charge on any atom is -0.481 e. The summed E-state index contributed by atoms with van der Waals surface area (Å²) in [5.74, 6) is -0.141. The van der Waals surface area contributed by atoms with Crippen LogP contribution in [0.1, 0.15) is 39.0 Å². The molecule has 0 bridgehead atoms. The van der Waals surface area contributed by atoms with Crippen molar-refractivity contribution in [1.82, 2.24) is 0 Å². The van der Waals surface area contributed by atoms with Crippen molar-refractivity contribution in [2.75, 3.05) is 0 Å². The van der Waals surface area contributed by atoms with E-state index in [1.807, 2.05) is 0 Å². The molecule has 1 aliphatic rings. The van der Waals surface area contributed by atoms with E-state index in [2.05, 4.69) is 6.92 Å². The third-order valence-corrected chi connectivity index (χ3v) is 2.64. The highest BCUT2D eigenvalue weighted by Crippen LogP contribution is 2.35. The summed E-state index contributed by atoms with van der Waals surface area (Å²) in [6.45, 7) is 2.05. The van der Waals surface area contributed by atoms with Crippen molar-refractivity contribution in [3.05, 3.63) is 0 Å². The van der Waals surface area contributed by atoms with E-state index >= 15 is 0 Å². The molecule has 1 fully saturated rings. The summed E-state index contributed by atoms with van der Waals surface area (Å²) in [4.78, 5) is 10.7. The van der Waals surface area contributed by atoms with Crippen LogP contribution in [0.25, 0.3) is 0 Å². The fraction of sp³-hybridized carbons (Fsp3) is 0.889. The van der Waals surface area contributed by atoms with E-state index in [1.54, 1.807) is 0 Å². The Balaban J connectivity index is 2.37. The van der Waals surface area contributed by atoms with E-state index in [9.17, 15) is 4.79 Å². The van der Waals surface area contributed by atoms with Gasteiger partial charge in [-0.3, -0.25) is 4.79 Å². The van der Waals surface area contributed by atoms with Crippen LogP contribution < -0.4 is 0 Å². The molecule has 0 radical (unpaired) electrons. The Morgan fingerprint density at radius 1 is 1.64 bits per heavy atom. The molecule has 64 valence electrons. The molecule has 0 aromatic carbocycles. The highest BCUT2D eigenvalue weighted by Gasteiger charge is 2.31. The molecule has 11 heavy (non-hydrogen) atoms. The van der Waals surface area contributed by atoms with Crippen LogP contribution in [-0.2, 0) is 4.79 Å². The van der Waals surface area contributed by atoms with Crippen molar-refractivity contribution >= 4 is 5.97 Å². The molecule has 0 spiro atoms. The lowest BCUT2D eigenvalue weighted by atomic mass is 9.74. The van der Waals surface area contributed by atoms with E-state index in [4.69, 9.17) is 5.11 Å². The second-order valence-electron chi connectivity index (χ2n) is 3.42. The Kier molecular flexibility index (Phi) is 2.92. The van der Waals surface area contributed by atoms with Gasteiger partial charge in [0.2, 0.25) is 0 Å². The Morgan fingerprint density at radius 2 is 2.27 bits per heavy atom. The summed E-state index contributed by atoms with van der Waals surface area (Å²) in [6, 6.07) is 0. The fourth-order valence-electron chi connectivity index (χ4n) is 1.71. The maximum absolute atomic E-state index is 10.7. The van der Waals surface area contributed by atoms with Crippen molar-refractivity contribution in [3.63, 3.8) is 0 Å². The Morgan fingerprint density at radius 3 is 2.55 bits per heavy atom. The monoisotopic (exact) mass is 156 g/mol. The van der Waals surface area contributed by atoms with E-state index in [-0.39, 0.29) is 5.92 Å². The highest BCUT2D eigenvalue weighted by molar-refractivity contribution is 5.70. The topological polar surface area (TPSA) is 37.3 Å². The van der Waals surface area contributed by atoms with Crippen molar-refractivity contribution in [2.24, 2.45) is 11.8 Å². The van der Waals surface area contributed by atoms with Gasteiger partial charge in [-0.2, -0.15) is 0 Å².